The molecule has 0 radical (unpaired) electrons. The van der Waals surface area contributed by atoms with E-state index in [2.05, 4.69) is 10.3 Å². The van der Waals surface area contributed by atoms with E-state index >= 15 is 0 Å². The Labute approximate surface area is 166 Å². The summed E-state index contributed by atoms with van der Waals surface area (Å²) in [4.78, 5) is 16.7. The molecule has 1 aliphatic rings. The molecule has 0 saturated heterocycles. The molecule has 0 bridgehead atoms. The van der Waals surface area contributed by atoms with Crippen LogP contribution in [0.2, 0.25) is 0 Å². The zero-order valence-electron chi connectivity index (χ0n) is 16.1. The van der Waals surface area contributed by atoms with Crippen LogP contribution < -0.4 is 14.8 Å². The van der Waals surface area contributed by atoms with Crippen LogP contribution in [0.5, 0.6) is 11.5 Å². The van der Waals surface area contributed by atoms with Crippen LogP contribution in [0.1, 0.15) is 25.5 Å². The molecule has 2 heterocycles. The first kappa shape index (κ1) is 19.2. The van der Waals surface area contributed by atoms with Gasteiger partial charge in [-0.15, -0.1) is 0 Å². The molecule has 8 heteroatoms. The van der Waals surface area contributed by atoms with E-state index in [9.17, 15) is 13.6 Å². The molecule has 0 spiro atoms. The third kappa shape index (κ3) is 3.87. The van der Waals surface area contributed by atoms with Gasteiger partial charge in [-0.05, 0) is 23.6 Å². The van der Waals surface area contributed by atoms with Gasteiger partial charge in [0.2, 0.25) is 5.91 Å². The predicted octanol–water partition coefficient (Wildman–Crippen LogP) is 3.60. The van der Waals surface area contributed by atoms with E-state index in [1.54, 1.807) is 0 Å². The molecule has 1 amide bonds. The van der Waals surface area contributed by atoms with E-state index in [0.717, 1.165) is 17.7 Å². The first-order valence-corrected chi connectivity index (χ1v) is 9.41. The summed E-state index contributed by atoms with van der Waals surface area (Å²) in [5, 5.41) is 3.02. The van der Waals surface area contributed by atoms with Crippen molar-refractivity contribution in [1.29, 1.82) is 0 Å². The summed E-state index contributed by atoms with van der Waals surface area (Å²) in [6.45, 7) is 4.95. The zero-order valence-corrected chi connectivity index (χ0v) is 16.1. The second-order valence-electron chi connectivity index (χ2n) is 7.32. The summed E-state index contributed by atoms with van der Waals surface area (Å²) in [6.07, 6.45) is 1.40. The van der Waals surface area contributed by atoms with Gasteiger partial charge in [-0.25, -0.2) is 13.8 Å². The highest BCUT2D eigenvalue weighted by Crippen LogP contribution is 2.34. The van der Waals surface area contributed by atoms with Crippen molar-refractivity contribution in [3.8, 4) is 11.5 Å². The Morgan fingerprint density at radius 1 is 1.14 bits per heavy atom. The van der Waals surface area contributed by atoms with Gasteiger partial charge in [0.15, 0.2) is 23.1 Å². The van der Waals surface area contributed by atoms with Gasteiger partial charge < -0.3 is 19.4 Å². The Morgan fingerprint density at radius 2 is 1.86 bits per heavy atom. The molecule has 0 saturated carbocycles. The topological polar surface area (TPSA) is 65.4 Å². The largest absolute Gasteiger partial charge is 0.486 e. The Hall–Kier alpha value is -3.16. The number of rotatable bonds is 5. The summed E-state index contributed by atoms with van der Waals surface area (Å²) in [5.41, 5.74) is 1.56. The summed E-state index contributed by atoms with van der Waals surface area (Å²) >= 11 is 0. The molecule has 2 aromatic carbocycles. The first-order valence-electron chi connectivity index (χ1n) is 9.41. The highest BCUT2D eigenvalue weighted by molar-refractivity contribution is 5.81. The minimum atomic E-state index is -0.976. The molecule has 0 aliphatic carbocycles. The summed E-state index contributed by atoms with van der Waals surface area (Å²) in [6, 6.07) is 7.44. The smallest absolute Gasteiger partial charge is 0.240 e. The number of fused-ring (bicyclic) bond motifs is 2. The minimum absolute atomic E-state index is 0.0602. The van der Waals surface area contributed by atoms with Crippen LogP contribution in [0, 0.1) is 17.6 Å². The lowest BCUT2D eigenvalue weighted by Gasteiger charge is -2.25. The number of amides is 1. The van der Waals surface area contributed by atoms with E-state index in [1.165, 1.54) is 10.9 Å². The van der Waals surface area contributed by atoms with Crippen molar-refractivity contribution in [3.05, 3.63) is 53.9 Å². The summed E-state index contributed by atoms with van der Waals surface area (Å²) in [7, 11) is 0. The fourth-order valence-electron chi connectivity index (χ4n) is 3.44. The molecule has 1 aliphatic heterocycles. The normalized spacial score (nSPS) is 14.2. The van der Waals surface area contributed by atoms with E-state index in [0.29, 0.717) is 35.7 Å². The third-order valence-electron chi connectivity index (χ3n) is 4.89. The number of carbonyl (C=O) groups is 1. The highest BCUT2D eigenvalue weighted by atomic mass is 19.2. The number of imidazole rings is 1. The van der Waals surface area contributed by atoms with E-state index in [-0.39, 0.29) is 24.4 Å². The minimum Gasteiger partial charge on any atom is -0.486 e. The molecule has 152 valence electrons. The maximum atomic E-state index is 13.6. The lowest BCUT2D eigenvalue weighted by Crippen LogP contribution is -2.34. The predicted molar refractivity (Wildman–Crippen MR) is 103 cm³/mol. The number of hydrogen-bond donors (Lipinski definition) is 1. The zero-order chi connectivity index (χ0) is 20.5. The van der Waals surface area contributed by atoms with Crippen LogP contribution in [0.3, 0.4) is 0 Å². The average Bonchev–Trinajstić information content (AvgIpc) is 3.07. The second kappa shape index (κ2) is 7.69. The van der Waals surface area contributed by atoms with E-state index in [4.69, 9.17) is 9.47 Å². The molecule has 1 atom stereocenters. The Morgan fingerprint density at radius 3 is 2.62 bits per heavy atom. The van der Waals surface area contributed by atoms with Crippen LogP contribution in [0.25, 0.3) is 11.0 Å². The number of aromatic nitrogens is 2. The molecule has 3 aromatic rings. The number of ether oxygens (including phenoxy) is 2. The number of nitrogens with one attached hydrogen (secondary N) is 1. The fraction of sp³-hybridized carbons (Fsp3) is 0.333. The maximum Gasteiger partial charge on any atom is 0.240 e. The summed E-state index contributed by atoms with van der Waals surface area (Å²) < 4.78 is 39.6. The average molecular weight is 401 g/mol. The van der Waals surface area contributed by atoms with Crippen LogP contribution >= 0.6 is 0 Å². The third-order valence-corrected chi connectivity index (χ3v) is 4.89. The second-order valence-corrected chi connectivity index (χ2v) is 7.32. The maximum absolute atomic E-state index is 13.6. The van der Waals surface area contributed by atoms with Crippen molar-refractivity contribution >= 4 is 16.9 Å². The lowest BCUT2D eigenvalue weighted by atomic mass is 9.95. The van der Waals surface area contributed by atoms with Gasteiger partial charge in [0.05, 0.1) is 23.4 Å². The number of hydrogen-bond acceptors (Lipinski definition) is 4. The van der Waals surface area contributed by atoms with Crippen molar-refractivity contribution in [1.82, 2.24) is 14.9 Å². The molecule has 6 nitrogen and oxygen atoms in total. The van der Waals surface area contributed by atoms with Crippen LogP contribution in [-0.4, -0.2) is 28.7 Å². The lowest BCUT2D eigenvalue weighted by molar-refractivity contribution is -0.122. The van der Waals surface area contributed by atoms with Crippen molar-refractivity contribution < 1.29 is 23.0 Å². The molecule has 4 rings (SSSR count). The fourth-order valence-corrected chi connectivity index (χ4v) is 3.44. The van der Waals surface area contributed by atoms with Crippen LogP contribution in [0.4, 0.5) is 8.78 Å². The molecule has 0 fully saturated rings. The van der Waals surface area contributed by atoms with Gasteiger partial charge in [0.1, 0.15) is 19.8 Å². The molecule has 29 heavy (non-hydrogen) atoms. The van der Waals surface area contributed by atoms with E-state index in [1.807, 2.05) is 32.0 Å². The van der Waals surface area contributed by atoms with Crippen molar-refractivity contribution in [2.75, 3.05) is 13.2 Å². The van der Waals surface area contributed by atoms with Gasteiger partial charge in [-0.2, -0.15) is 0 Å². The van der Waals surface area contributed by atoms with Crippen LogP contribution in [-0.2, 0) is 11.3 Å². The quantitative estimate of drug-likeness (QED) is 0.710. The van der Waals surface area contributed by atoms with Gasteiger partial charge in [0, 0.05) is 12.1 Å². The Kier molecular flexibility index (Phi) is 5.08. The van der Waals surface area contributed by atoms with Gasteiger partial charge in [-0.3, -0.25) is 4.79 Å². The number of halogens is 2. The SMILES string of the molecule is CC(C)[C@@H](NC(=O)Cn1cnc2cc(F)c(F)cc21)c1ccc2c(c1)OCCO2. The number of carbonyl (C=O) groups excluding carboxylic acids is 1. The van der Waals surface area contributed by atoms with Gasteiger partial charge in [-0.1, -0.05) is 19.9 Å². The van der Waals surface area contributed by atoms with Crippen molar-refractivity contribution in [3.63, 3.8) is 0 Å². The molecular weight excluding hydrogens is 380 g/mol. The summed E-state index contributed by atoms with van der Waals surface area (Å²) in [5.74, 6) is -0.739. The number of nitrogens with zero attached hydrogens (tertiary/aromatic N) is 2. The van der Waals surface area contributed by atoms with Crippen molar-refractivity contribution in [2.24, 2.45) is 5.92 Å². The molecule has 1 aromatic heterocycles. The van der Waals surface area contributed by atoms with Gasteiger partial charge in [0.25, 0.3) is 0 Å². The highest BCUT2D eigenvalue weighted by Gasteiger charge is 2.22. The Balaban J connectivity index is 1.53. The Bertz CT molecular complexity index is 1060. The standard InChI is InChI=1S/C21H21F2N3O3/c1-12(2)21(13-3-4-18-19(7-13)29-6-5-28-18)25-20(27)10-26-11-24-16-8-14(22)15(23)9-17(16)26/h3-4,7-9,11-12,21H,5-6,10H2,1-2H3,(H,25,27)/t21-/m1/s1. The molecule has 0 unspecified atom stereocenters. The first-order chi connectivity index (χ1) is 13.9. The van der Waals surface area contributed by atoms with E-state index < -0.39 is 11.6 Å². The van der Waals surface area contributed by atoms with Crippen LogP contribution in [0.15, 0.2) is 36.7 Å². The number of benzene rings is 2. The monoisotopic (exact) mass is 401 g/mol. The molecular formula is C21H21F2N3O3. The molecule has 1 N–H and O–H groups in total. The van der Waals surface area contributed by atoms with Crippen molar-refractivity contribution in [2.45, 2.75) is 26.4 Å². The van der Waals surface area contributed by atoms with Gasteiger partial charge >= 0.3 is 0 Å².